The van der Waals surface area contributed by atoms with E-state index in [9.17, 15) is 4.79 Å². The average molecular weight is 343 g/mol. The molecule has 0 N–H and O–H groups in total. The van der Waals surface area contributed by atoms with Crippen LogP contribution in [0, 0.1) is 0 Å². The summed E-state index contributed by atoms with van der Waals surface area (Å²) in [5.41, 5.74) is 0.943. The molecule has 0 amide bonds. The number of esters is 1. The number of rotatable bonds is 8. The van der Waals surface area contributed by atoms with Crippen LogP contribution in [0.15, 0.2) is 24.8 Å². The number of benzene rings is 1. The quantitative estimate of drug-likeness (QED) is 0.314. The molecule has 0 unspecified atom stereocenters. The van der Waals surface area contributed by atoms with E-state index in [1.165, 1.54) is 7.11 Å². The Hall–Kier alpha value is -1.49. The lowest BCUT2D eigenvalue weighted by Crippen LogP contribution is -2.04. The van der Waals surface area contributed by atoms with Gasteiger partial charge in [-0.3, -0.25) is 0 Å². The van der Waals surface area contributed by atoms with Gasteiger partial charge < -0.3 is 14.2 Å². The molecule has 20 heavy (non-hydrogen) atoms. The molecule has 0 fully saturated rings. The fourth-order valence-electron chi connectivity index (χ4n) is 1.59. The van der Waals surface area contributed by atoms with Crippen molar-refractivity contribution < 1.29 is 19.0 Å². The van der Waals surface area contributed by atoms with Crippen molar-refractivity contribution in [1.82, 2.24) is 0 Å². The highest BCUT2D eigenvalue weighted by molar-refractivity contribution is 9.09. The van der Waals surface area contributed by atoms with Gasteiger partial charge in [0.1, 0.15) is 0 Å². The van der Waals surface area contributed by atoms with E-state index in [1.807, 2.05) is 0 Å². The van der Waals surface area contributed by atoms with Crippen molar-refractivity contribution in [3.63, 3.8) is 0 Å². The lowest BCUT2D eigenvalue weighted by molar-refractivity contribution is -0.133. The molecule has 110 valence electrons. The first kappa shape index (κ1) is 16.6. The van der Waals surface area contributed by atoms with Gasteiger partial charge in [0, 0.05) is 5.33 Å². The van der Waals surface area contributed by atoms with Gasteiger partial charge in [-0.15, -0.1) is 0 Å². The van der Waals surface area contributed by atoms with Crippen LogP contribution in [0.25, 0.3) is 5.57 Å². The molecule has 1 aromatic carbocycles. The Balaban J connectivity index is 2.80. The van der Waals surface area contributed by atoms with Crippen LogP contribution in [-0.4, -0.2) is 32.1 Å². The second-order valence-electron chi connectivity index (χ2n) is 4.08. The number of hydrogen-bond acceptors (Lipinski definition) is 4. The summed E-state index contributed by atoms with van der Waals surface area (Å²) in [6.07, 6.45) is 2.02. The van der Waals surface area contributed by atoms with E-state index in [0.29, 0.717) is 23.7 Å². The Bertz CT molecular complexity index is 471. The summed E-state index contributed by atoms with van der Waals surface area (Å²) in [6, 6.07) is 5.26. The molecule has 4 nitrogen and oxygen atoms in total. The number of hydrogen-bond donors (Lipinski definition) is 0. The highest BCUT2D eigenvalue weighted by atomic mass is 79.9. The maximum absolute atomic E-state index is 11.4. The van der Waals surface area contributed by atoms with E-state index in [1.54, 1.807) is 25.3 Å². The third-order valence-corrected chi connectivity index (χ3v) is 3.29. The molecular formula is C15H19BrO4. The third-order valence-electron chi connectivity index (χ3n) is 2.73. The molecule has 0 spiro atoms. The van der Waals surface area contributed by atoms with Crippen molar-refractivity contribution in [2.75, 3.05) is 26.2 Å². The maximum atomic E-state index is 11.4. The van der Waals surface area contributed by atoms with Gasteiger partial charge in [0.25, 0.3) is 0 Å². The van der Waals surface area contributed by atoms with Crippen molar-refractivity contribution in [1.29, 1.82) is 0 Å². The van der Waals surface area contributed by atoms with Gasteiger partial charge in [-0.05, 0) is 30.5 Å². The molecule has 0 aliphatic rings. The first-order valence-electron chi connectivity index (χ1n) is 6.28. The zero-order chi connectivity index (χ0) is 15.0. The standard InChI is InChI=1S/C15H19BrO4/c1-11(15(17)19-3)12-6-7-13(14(10-12)18-2)20-9-5-4-8-16/h6-7,10H,1,4-5,8-9H2,2-3H3. The minimum atomic E-state index is -0.460. The lowest BCUT2D eigenvalue weighted by Gasteiger charge is -2.12. The summed E-state index contributed by atoms with van der Waals surface area (Å²) in [6.45, 7) is 4.34. The minimum Gasteiger partial charge on any atom is -0.493 e. The molecule has 0 saturated carbocycles. The summed E-state index contributed by atoms with van der Waals surface area (Å²) in [7, 11) is 2.89. The number of alkyl halides is 1. The Labute approximate surface area is 127 Å². The smallest absolute Gasteiger partial charge is 0.337 e. The van der Waals surface area contributed by atoms with Gasteiger partial charge in [0.2, 0.25) is 0 Å². The zero-order valence-corrected chi connectivity index (χ0v) is 13.4. The molecule has 0 atom stereocenters. The van der Waals surface area contributed by atoms with Gasteiger partial charge in [-0.1, -0.05) is 28.6 Å². The van der Waals surface area contributed by atoms with Gasteiger partial charge in [-0.25, -0.2) is 4.79 Å². The Morgan fingerprint density at radius 3 is 2.60 bits per heavy atom. The van der Waals surface area contributed by atoms with Gasteiger partial charge >= 0.3 is 5.97 Å². The van der Waals surface area contributed by atoms with E-state index in [-0.39, 0.29) is 5.57 Å². The third kappa shape index (κ3) is 4.56. The van der Waals surface area contributed by atoms with Gasteiger partial charge in [0.05, 0.1) is 26.4 Å². The van der Waals surface area contributed by atoms with E-state index >= 15 is 0 Å². The fraction of sp³-hybridized carbons (Fsp3) is 0.400. The molecule has 5 heteroatoms. The second kappa shape index (κ2) is 8.64. The second-order valence-corrected chi connectivity index (χ2v) is 4.87. The molecule has 0 bridgehead atoms. The first-order valence-corrected chi connectivity index (χ1v) is 7.40. The Morgan fingerprint density at radius 2 is 2.00 bits per heavy atom. The summed E-state index contributed by atoms with van der Waals surface area (Å²) >= 11 is 3.38. The van der Waals surface area contributed by atoms with Crippen molar-refractivity contribution >= 4 is 27.5 Å². The van der Waals surface area contributed by atoms with Crippen molar-refractivity contribution in [3.05, 3.63) is 30.3 Å². The zero-order valence-electron chi connectivity index (χ0n) is 11.8. The highest BCUT2D eigenvalue weighted by Crippen LogP contribution is 2.30. The van der Waals surface area contributed by atoms with Crippen LogP contribution in [0.3, 0.4) is 0 Å². The molecule has 1 aromatic rings. The first-order chi connectivity index (χ1) is 9.63. The van der Waals surface area contributed by atoms with Crippen LogP contribution in [0.5, 0.6) is 11.5 Å². The molecule has 1 rings (SSSR count). The number of carbonyl (C=O) groups excluding carboxylic acids is 1. The van der Waals surface area contributed by atoms with Crippen molar-refractivity contribution in [2.24, 2.45) is 0 Å². The van der Waals surface area contributed by atoms with Crippen LogP contribution in [0.1, 0.15) is 18.4 Å². The van der Waals surface area contributed by atoms with E-state index in [2.05, 4.69) is 27.2 Å². The molecular weight excluding hydrogens is 324 g/mol. The molecule has 0 saturated heterocycles. The Kier molecular flexibility index (Phi) is 7.15. The summed E-state index contributed by atoms with van der Waals surface area (Å²) in [5.74, 6) is 0.771. The Morgan fingerprint density at radius 1 is 1.25 bits per heavy atom. The van der Waals surface area contributed by atoms with Crippen LogP contribution in [-0.2, 0) is 9.53 Å². The lowest BCUT2D eigenvalue weighted by atomic mass is 10.1. The summed E-state index contributed by atoms with van der Waals surface area (Å²) in [4.78, 5) is 11.4. The number of unbranched alkanes of at least 4 members (excludes halogenated alkanes) is 1. The van der Waals surface area contributed by atoms with Crippen LogP contribution in [0.4, 0.5) is 0 Å². The van der Waals surface area contributed by atoms with E-state index in [4.69, 9.17) is 9.47 Å². The topological polar surface area (TPSA) is 44.8 Å². The van der Waals surface area contributed by atoms with Crippen molar-refractivity contribution in [3.8, 4) is 11.5 Å². The van der Waals surface area contributed by atoms with Gasteiger partial charge in [0.15, 0.2) is 11.5 Å². The van der Waals surface area contributed by atoms with E-state index in [0.717, 1.165) is 18.2 Å². The molecule has 0 aliphatic carbocycles. The molecule has 0 aromatic heterocycles. The summed E-state index contributed by atoms with van der Waals surface area (Å²) in [5, 5.41) is 0.964. The predicted octanol–water partition coefficient (Wildman–Crippen LogP) is 3.44. The monoisotopic (exact) mass is 342 g/mol. The van der Waals surface area contributed by atoms with Crippen LogP contribution in [0.2, 0.25) is 0 Å². The number of methoxy groups -OCH3 is 2. The number of ether oxygens (including phenoxy) is 3. The maximum Gasteiger partial charge on any atom is 0.337 e. The SMILES string of the molecule is C=C(C(=O)OC)c1ccc(OCCCCBr)c(OC)c1. The van der Waals surface area contributed by atoms with Gasteiger partial charge in [-0.2, -0.15) is 0 Å². The highest BCUT2D eigenvalue weighted by Gasteiger charge is 2.13. The largest absolute Gasteiger partial charge is 0.493 e. The number of carbonyl (C=O) groups is 1. The van der Waals surface area contributed by atoms with E-state index < -0.39 is 5.97 Å². The summed E-state index contributed by atoms with van der Waals surface area (Å²) < 4.78 is 15.6. The fourth-order valence-corrected chi connectivity index (χ4v) is 1.99. The molecule has 0 aliphatic heterocycles. The van der Waals surface area contributed by atoms with Crippen LogP contribution >= 0.6 is 15.9 Å². The van der Waals surface area contributed by atoms with Crippen LogP contribution < -0.4 is 9.47 Å². The minimum absolute atomic E-state index is 0.289. The van der Waals surface area contributed by atoms with Crippen molar-refractivity contribution in [2.45, 2.75) is 12.8 Å². The molecule has 0 radical (unpaired) electrons. The normalized spacial score (nSPS) is 9.95. The average Bonchev–Trinajstić information content (AvgIpc) is 2.50. The molecule has 0 heterocycles. The predicted molar refractivity (Wildman–Crippen MR) is 82.6 cm³/mol. The number of halogens is 1.